The molecule has 1 aliphatic rings. The highest BCUT2D eigenvalue weighted by Gasteiger charge is 2.24. The Labute approximate surface area is 127 Å². The first-order valence-electron chi connectivity index (χ1n) is 6.86. The molecule has 1 aliphatic heterocycles. The first-order valence-corrected chi connectivity index (χ1v) is 8.76. The summed E-state index contributed by atoms with van der Waals surface area (Å²) >= 11 is 5.23. The Bertz CT molecular complexity index is 537. The molecule has 0 unspecified atom stereocenters. The van der Waals surface area contributed by atoms with Gasteiger partial charge in [0.1, 0.15) is 4.99 Å². The lowest BCUT2D eigenvalue weighted by Crippen LogP contribution is -2.40. The Morgan fingerprint density at radius 2 is 1.95 bits per heavy atom. The van der Waals surface area contributed by atoms with Gasteiger partial charge in [0.15, 0.2) is 5.82 Å². The van der Waals surface area contributed by atoms with Crippen LogP contribution in [0.2, 0.25) is 0 Å². The van der Waals surface area contributed by atoms with E-state index in [0.29, 0.717) is 29.6 Å². The Balaban J connectivity index is 2.47. The maximum Gasteiger partial charge on any atom is 0.161 e. The second kappa shape index (κ2) is 6.58. The fourth-order valence-corrected chi connectivity index (χ4v) is 3.76. The van der Waals surface area contributed by atoms with Gasteiger partial charge in [-0.15, -0.1) is 5.10 Å². The Hall–Kier alpha value is -1.08. The van der Waals surface area contributed by atoms with E-state index in [1.54, 1.807) is 0 Å². The number of nitrogens with zero attached hydrogens (tertiary/aromatic N) is 3. The lowest BCUT2D eigenvalue weighted by Gasteiger charge is -2.29. The maximum atomic E-state index is 11.5. The molecule has 2 heterocycles. The summed E-state index contributed by atoms with van der Waals surface area (Å²) < 4.78 is 11.5. The number of anilines is 1. The van der Waals surface area contributed by atoms with Gasteiger partial charge in [-0.2, -0.15) is 5.10 Å². The molecule has 0 spiro atoms. The summed E-state index contributed by atoms with van der Waals surface area (Å²) in [5, 5.41) is 8.66. The summed E-state index contributed by atoms with van der Waals surface area (Å²) in [4.78, 5) is 2.47. The van der Waals surface area contributed by atoms with Crippen molar-refractivity contribution in [3.05, 3.63) is 16.8 Å². The van der Waals surface area contributed by atoms with Crippen LogP contribution in [0, 0.1) is 0 Å². The monoisotopic (exact) mass is 312 g/mol. The van der Waals surface area contributed by atoms with Crippen molar-refractivity contribution in [2.24, 2.45) is 5.73 Å². The standard InChI is InChI=1S/C13H20N4OS2/c1-3-9-10(4-2)15-16-13(11(9)12(14)19)17-5-7-20(18)8-6-17/h3-8H2,1-2H3,(H2,14,19). The Morgan fingerprint density at radius 3 is 2.45 bits per heavy atom. The molecule has 0 atom stereocenters. The minimum Gasteiger partial charge on any atom is -0.389 e. The van der Waals surface area contributed by atoms with Crippen LogP contribution in [0.25, 0.3) is 0 Å². The van der Waals surface area contributed by atoms with Gasteiger partial charge in [0.25, 0.3) is 0 Å². The summed E-state index contributed by atoms with van der Waals surface area (Å²) in [6, 6.07) is 0. The highest BCUT2D eigenvalue weighted by Crippen LogP contribution is 2.25. The number of aromatic nitrogens is 2. The van der Waals surface area contributed by atoms with Crippen LogP contribution >= 0.6 is 12.2 Å². The molecule has 2 N–H and O–H groups in total. The normalized spacial score (nSPS) is 16.4. The average Bonchev–Trinajstić information content (AvgIpc) is 2.46. The summed E-state index contributed by atoms with van der Waals surface area (Å²) in [6.07, 6.45) is 1.65. The van der Waals surface area contributed by atoms with E-state index in [1.165, 1.54) is 0 Å². The molecule has 1 aromatic heterocycles. The lowest BCUT2D eigenvalue weighted by atomic mass is 10.0. The second-order valence-corrected chi connectivity index (χ2v) is 6.87. The van der Waals surface area contributed by atoms with Crippen molar-refractivity contribution in [2.45, 2.75) is 26.7 Å². The van der Waals surface area contributed by atoms with Gasteiger partial charge >= 0.3 is 0 Å². The third-order valence-electron chi connectivity index (χ3n) is 3.55. The molecule has 5 nitrogen and oxygen atoms in total. The zero-order valence-corrected chi connectivity index (χ0v) is 13.5. The number of nitrogens with two attached hydrogens (primary N) is 1. The highest BCUT2D eigenvalue weighted by atomic mass is 32.2. The van der Waals surface area contributed by atoms with Gasteiger partial charge in [-0.1, -0.05) is 26.1 Å². The SMILES string of the molecule is CCc1nnc(N2CCS(=O)CC2)c(C(N)=S)c1CC. The number of rotatable bonds is 4. The van der Waals surface area contributed by atoms with E-state index >= 15 is 0 Å². The highest BCUT2D eigenvalue weighted by molar-refractivity contribution is 7.85. The van der Waals surface area contributed by atoms with E-state index in [9.17, 15) is 4.21 Å². The largest absolute Gasteiger partial charge is 0.389 e. The van der Waals surface area contributed by atoms with Gasteiger partial charge in [-0.25, -0.2) is 0 Å². The summed E-state index contributed by atoms with van der Waals surface area (Å²) in [5.41, 5.74) is 8.83. The van der Waals surface area contributed by atoms with Crippen molar-refractivity contribution in [3.63, 3.8) is 0 Å². The molecule has 0 radical (unpaired) electrons. The quantitative estimate of drug-likeness (QED) is 0.829. The van der Waals surface area contributed by atoms with Crippen LogP contribution in [0.5, 0.6) is 0 Å². The average molecular weight is 312 g/mol. The molecule has 2 rings (SSSR count). The first-order chi connectivity index (χ1) is 9.58. The van der Waals surface area contributed by atoms with Crippen LogP contribution in [0.3, 0.4) is 0 Å². The van der Waals surface area contributed by atoms with E-state index in [1.807, 2.05) is 0 Å². The van der Waals surface area contributed by atoms with Crippen molar-refractivity contribution in [2.75, 3.05) is 29.5 Å². The Kier molecular flexibility index (Phi) is 5.04. The number of aryl methyl sites for hydroxylation is 1. The van der Waals surface area contributed by atoms with Crippen molar-refractivity contribution in [1.29, 1.82) is 0 Å². The van der Waals surface area contributed by atoms with Crippen LogP contribution in [-0.4, -0.2) is 44.0 Å². The summed E-state index contributed by atoms with van der Waals surface area (Å²) in [6.45, 7) is 5.56. The van der Waals surface area contributed by atoms with Gasteiger partial charge in [-0.3, -0.25) is 4.21 Å². The molecule has 1 fully saturated rings. The van der Waals surface area contributed by atoms with Crippen LogP contribution in [-0.2, 0) is 23.6 Å². The van der Waals surface area contributed by atoms with E-state index in [4.69, 9.17) is 18.0 Å². The van der Waals surface area contributed by atoms with Crippen molar-refractivity contribution in [3.8, 4) is 0 Å². The maximum absolute atomic E-state index is 11.5. The molecule has 0 amide bonds. The van der Waals surface area contributed by atoms with E-state index in [-0.39, 0.29) is 0 Å². The molecular formula is C13H20N4OS2. The zero-order chi connectivity index (χ0) is 14.7. The van der Waals surface area contributed by atoms with Crippen LogP contribution < -0.4 is 10.6 Å². The van der Waals surface area contributed by atoms with Crippen molar-refractivity contribution >= 4 is 33.8 Å². The molecule has 0 aromatic carbocycles. The predicted octanol–water partition coefficient (Wildman–Crippen LogP) is 0.804. The van der Waals surface area contributed by atoms with Gasteiger partial charge in [0.2, 0.25) is 0 Å². The van der Waals surface area contributed by atoms with Gasteiger partial charge in [0.05, 0.1) is 11.3 Å². The number of hydrogen-bond donors (Lipinski definition) is 1. The molecule has 1 aromatic rings. The fourth-order valence-electron chi connectivity index (χ4n) is 2.49. The van der Waals surface area contributed by atoms with Crippen molar-refractivity contribution in [1.82, 2.24) is 10.2 Å². The number of thiocarbonyl (C=S) groups is 1. The molecular weight excluding hydrogens is 292 g/mol. The lowest BCUT2D eigenvalue weighted by molar-refractivity contribution is 0.671. The van der Waals surface area contributed by atoms with Crippen LogP contribution in [0.15, 0.2) is 0 Å². The molecule has 20 heavy (non-hydrogen) atoms. The second-order valence-electron chi connectivity index (χ2n) is 4.73. The van der Waals surface area contributed by atoms with Crippen LogP contribution in [0.1, 0.15) is 30.7 Å². The Morgan fingerprint density at radius 1 is 1.30 bits per heavy atom. The minimum atomic E-state index is -0.719. The number of hydrogen-bond acceptors (Lipinski definition) is 5. The van der Waals surface area contributed by atoms with Crippen molar-refractivity contribution < 1.29 is 4.21 Å². The van der Waals surface area contributed by atoms with E-state index in [2.05, 4.69) is 28.9 Å². The molecule has 0 saturated carbocycles. The van der Waals surface area contributed by atoms with Gasteiger partial charge in [0, 0.05) is 35.4 Å². The topological polar surface area (TPSA) is 72.1 Å². The smallest absolute Gasteiger partial charge is 0.161 e. The first kappa shape index (κ1) is 15.3. The molecule has 7 heteroatoms. The molecule has 0 bridgehead atoms. The molecule has 0 aliphatic carbocycles. The minimum absolute atomic E-state index is 0.369. The van der Waals surface area contributed by atoms with Crippen LogP contribution in [0.4, 0.5) is 5.82 Å². The molecule has 110 valence electrons. The summed E-state index contributed by atoms with van der Waals surface area (Å²) in [7, 11) is -0.719. The predicted molar refractivity (Wildman–Crippen MR) is 86.8 cm³/mol. The third kappa shape index (κ3) is 2.98. The van der Waals surface area contributed by atoms with Gasteiger partial charge < -0.3 is 10.6 Å². The zero-order valence-electron chi connectivity index (χ0n) is 11.9. The van der Waals surface area contributed by atoms with E-state index in [0.717, 1.165) is 35.5 Å². The summed E-state index contributed by atoms with van der Waals surface area (Å²) in [5.74, 6) is 2.08. The fraction of sp³-hybridized carbons (Fsp3) is 0.615. The molecule has 1 saturated heterocycles. The third-order valence-corrected chi connectivity index (χ3v) is 5.03. The van der Waals surface area contributed by atoms with E-state index < -0.39 is 10.8 Å². The van der Waals surface area contributed by atoms with Gasteiger partial charge in [-0.05, 0) is 18.4 Å².